The average molecular weight is 270 g/mol. The Morgan fingerprint density at radius 3 is 3.00 bits per heavy atom. The highest BCUT2D eigenvalue weighted by Gasteiger charge is 2.05. The summed E-state index contributed by atoms with van der Waals surface area (Å²) >= 11 is 5.00. The first-order chi connectivity index (χ1) is 6.81. The van der Waals surface area contributed by atoms with Crippen LogP contribution >= 0.6 is 27.3 Å². The summed E-state index contributed by atoms with van der Waals surface area (Å²) in [5.41, 5.74) is 0. The third-order valence-electron chi connectivity index (χ3n) is 1.72. The van der Waals surface area contributed by atoms with Crippen molar-refractivity contribution in [2.24, 2.45) is 0 Å². The maximum absolute atomic E-state index is 4.37. The lowest BCUT2D eigenvalue weighted by Crippen LogP contribution is -1.96. The van der Waals surface area contributed by atoms with Crippen LogP contribution in [0.4, 0.5) is 5.82 Å². The molecule has 0 aliphatic heterocycles. The van der Waals surface area contributed by atoms with E-state index in [4.69, 9.17) is 0 Å². The SMILES string of the molecule is CNc1nc(-c2cccs2)ncc1Br. The Balaban J connectivity index is 2.46. The van der Waals surface area contributed by atoms with Gasteiger partial charge in [0.1, 0.15) is 5.82 Å². The Morgan fingerprint density at radius 1 is 1.50 bits per heavy atom. The summed E-state index contributed by atoms with van der Waals surface area (Å²) in [6.45, 7) is 0. The lowest BCUT2D eigenvalue weighted by molar-refractivity contribution is 1.16. The van der Waals surface area contributed by atoms with Gasteiger partial charge >= 0.3 is 0 Å². The van der Waals surface area contributed by atoms with Gasteiger partial charge in [0.15, 0.2) is 5.82 Å². The van der Waals surface area contributed by atoms with E-state index in [-0.39, 0.29) is 0 Å². The molecule has 0 saturated carbocycles. The third-order valence-corrected chi connectivity index (χ3v) is 3.17. The normalized spacial score (nSPS) is 10.1. The van der Waals surface area contributed by atoms with E-state index in [1.165, 1.54) is 0 Å². The molecule has 0 aliphatic carbocycles. The minimum atomic E-state index is 0.757. The lowest BCUT2D eigenvalue weighted by atomic mass is 10.4. The fourth-order valence-corrected chi connectivity index (χ4v) is 2.12. The molecule has 0 aromatic carbocycles. The molecular formula is C9H8BrN3S. The van der Waals surface area contributed by atoms with Crippen LogP contribution in [-0.2, 0) is 0 Å². The third kappa shape index (κ3) is 1.78. The first kappa shape index (κ1) is 9.61. The number of aromatic nitrogens is 2. The molecule has 0 bridgehead atoms. The molecule has 0 amide bonds. The molecule has 14 heavy (non-hydrogen) atoms. The summed E-state index contributed by atoms with van der Waals surface area (Å²) in [4.78, 5) is 9.69. The van der Waals surface area contributed by atoms with Gasteiger partial charge in [-0.05, 0) is 27.4 Å². The first-order valence-electron chi connectivity index (χ1n) is 4.05. The Bertz CT molecular complexity index is 428. The number of thiophene rings is 1. The van der Waals surface area contributed by atoms with Crippen LogP contribution in [-0.4, -0.2) is 17.0 Å². The summed E-state index contributed by atoms with van der Waals surface area (Å²) in [5, 5.41) is 5.02. The number of halogens is 1. The largest absolute Gasteiger partial charge is 0.372 e. The van der Waals surface area contributed by atoms with Crippen LogP contribution in [0.1, 0.15) is 0 Å². The topological polar surface area (TPSA) is 37.8 Å². The summed E-state index contributed by atoms with van der Waals surface area (Å²) in [7, 11) is 1.84. The summed E-state index contributed by atoms with van der Waals surface area (Å²) in [6.07, 6.45) is 1.76. The minimum absolute atomic E-state index is 0.757. The van der Waals surface area contributed by atoms with Crippen LogP contribution < -0.4 is 5.32 Å². The molecule has 0 unspecified atom stereocenters. The Labute approximate surface area is 94.4 Å². The molecule has 2 heterocycles. The standard InChI is InChI=1S/C9H8BrN3S/c1-11-8-6(10)5-12-9(13-8)7-3-2-4-14-7/h2-5H,1H3,(H,11,12,13). The average Bonchev–Trinajstić information content (AvgIpc) is 2.71. The second-order valence-electron chi connectivity index (χ2n) is 2.62. The molecular weight excluding hydrogens is 262 g/mol. The van der Waals surface area contributed by atoms with Gasteiger partial charge in [-0.3, -0.25) is 0 Å². The zero-order valence-electron chi connectivity index (χ0n) is 7.49. The molecule has 0 saturated heterocycles. The molecule has 72 valence electrons. The molecule has 0 aliphatic rings. The summed E-state index contributed by atoms with van der Waals surface area (Å²) in [6, 6.07) is 4.00. The van der Waals surface area contributed by atoms with Crippen molar-refractivity contribution >= 4 is 33.1 Å². The second-order valence-corrected chi connectivity index (χ2v) is 4.42. The van der Waals surface area contributed by atoms with Crippen LogP contribution in [0.25, 0.3) is 10.7 Å². The fourth-order valence-electron chi connectivity index (χ4n) is 1.07. The molecule has 2 rings (SSSR count). The van der Waals surface area contributed by atoms with Crippen molar-refractivity contribution in [2.45, 2.75) is 0 Å². The highest BCUT2D eigenvalue weighted by Crippen LogP contribution is 2.25. The van der Waals surface area contributed by atoms with Crippen molar-refractivity contribution in [3.8, 4) is 10.7 Å². The van der Waals surface area contributed by atoms with Gasteiger partial charge in [-0.1, -0.05) is 6.07 Å². The van der Waals surface area contributed by atoms with Crippen molar-refractivity contribution in [2.75, 3.05) is 12.4 Å². The maximum Gasteiger partial charge on any atom is 0.171 e. The van der Waals surface area contributed by atoms with Crippen LogP contribution in [0.2, 0.25) is 0 Å². The smallest absolute Gasteiger partial charge is 0.171 e. The van der Waals surface area contributed by atoms with Crippen LogP contribution in [0.3, 0.4) is 0 Å². The highest BCUT2D eigenvalue weighted by molar-refractivity contribution is 9.10. The monoisotopic (exact) mass is 269 g/mol. The van der Waals surface area contributed by atoms with Crippen LogP contribution in [0, 0.1) is 0 Å². The number of rotatable bonds is 2. The molecule has 3 nitrogen and oxygen atoms in total. The molecule has 2 aromatic rings. The van der Waals surface area contributed by atoms with Crippen LogP contribution in [0.5, 0.6) is 0 Å². The number of nitrogens with one attached hydrogen (secondary N) is 1. The maximum atomic E-state index is 4.37. The zero-order valence-corrected chi connectivity index (χ0v) is 9.89. The molecule has 0 radical (unpaired) electrons. The van der Waals surface area contributed by atoms with Crippen LogP contribution in [0.15, 0.2) is 28.2 Å². The van der Waals surface area contributed by atoms with Crippen molar-refractivity contribution < 1.29 is 0 Å². The number of anilines is 1. The van der Waals surface area contributed by atoms with Gasteiger partial charge in [0, 0.05) is 13.2 Å². The van der Waals surface area contributed by atoms with Gasteiger partial charge < -0.3 is 5.32 Å². The van der Waals surface area contributed by atoms with E-state index in [0.717, 1.165) is 21.0 Å². The van der Waals surface area contributed by atoms with E-state index < -0.39 is 0 Å². The first-order valence-corrected chi connectivity index (χ1v) is 5.72. The van der Waals surface area contributed by atoms with Gasteiger partial charge in [0.25, 0.3) is 0 Å². The van der Waals surface area contributed by atoms with Gasteiger partial charge in [-0.25, -0.2) is 9.97 Å². The van der Waals surface area contributed by atoms with Crippen molar-refractivity contribution in [3.05, 3.63) is 28.2 Å². The lowest BCUT2D eigenvalue weighted by Gasteiger charge is -2.03. The summed E-state index contributed by atoms with van der Waals surface area (Å²) in [5.74, 6) is 1.57. The number of nitrogens with zero attached hydrogens (tertiary/aromatic N) is 2. The molecule has 1 N–H and O–H groups in total. The van der Waals surface area contributed by atoms with E-state index in [0.29, 0.717) is 0 Å². The Hall–Kier alpha value is -0.940. The van der Waals surface area contributed by atoms with E-state index in [1.807, 2.05) is 24.6 Å². The van der Waals surface area contributed by atoms with E-state index >= 15 is 0 Å². The molecule has 0 fully saturated rings. The van der Waals surface area contributed by atoms with Gasteiger partial charge in [0.05, 0.1) is 9.35 Å². The zero-order chi connectivity index (χ0) is 9.97. The van der Waals surface area contributed by atoms with Crippen molar-refractivity contribution in [1.82, 2.24) is 9.97 Å². The number of hydrogen-bond acceptors (Lipinski definition) is 4. The predicted octanol–water partition coefficient (Wildman–Crippen LogP) is 3.01. The molecule has 0 spiro atoms. The summed E-state index contributed by atoms with van der Waals surface area (Å²) < 4.78 is 0.875. The minimum Gasteiger partial charge on any atom is -0.372 e. The van der Waals surface area contributed by atoms with Gasteiger partial charge in [-0.15, -0.1) is 11.3 Å². The van der Waals surface area contributed by atoms with Gasteiger partial charge in [-0.2, -0.15) is 0 Å². The highest BCUT2D eigenvalue weighted by atomic mass is 79.9. The molecule has 0 atom stereocenters. The fraction of sp³-hybridized carbons (Fsp3) is 0.111. The van der Waals surface area contributed by atoms with Crippen molar-refractivity contribution in [3.63, 3.8) is 0 Å². The Morgan fingerprint density at radius 2 is 2.36 bits per heavy atom. The van der Waals surface area contributed by atoms with Crippen molar-refractivity contribution in [1.29, 1.82) is 0 Å². The van der Waals surface area contributed by atoms with E-state index in [1.54, 1.807) is 17.5 Å². The molecule has 5 heteroatoms. The van der Waals surface area contributed by atoms with E-state index in [2.05, 4.69) is 31.2 Å². The Kier molecular flexibility index (Phi) is 2.79. The van der Waals surface area contributed by atoms with E-state index in [9.17, 15) is 0 Å². The molecule has 2 aromatic heterocycles. The quantitative estimate of drug-likeness (QED) is 0.911. The van der Waals surface area contributed by atoms with Gasteiger partial charge in [0.2, 0.25) is 0 Å². The second kappa shape index (κ2) is 4.06. The number of hydrogen-bond donors (Lipinski definition) is 1. The predicted molar refractivity (Wildman–Crippen MR) is 62.6 cm³/mol.